The highest BCUT2D eigenvalue weighted by Crippen LogP contribution is 2.47. The fraction of sp³-hybridized carbons (Fsp3) is 0.333. The molecule has 5 aromatic rings. The van der Waals surface area contributed by atoms with Gasteiger partial charge >= 0.3 is 0 Å². The quantitative estimate of drug-likeness (QED) is 0.144. The number of hydrogen-bond donors (Lipinski definition) is 0. The number of hydrogen-bond acceptors (Lipinski definition) is 6. The van der Waals surface area contributed by atoms with Crippen LogP contribution in [0, 0.1) is 11.6 Å². The molecular weight excluding hydrogens is 602 g/mol. The zero-order valence-electron chi connectivity index (χ0n) is 26.9. The Labute approximate surface area is 271 Å². The van der Waals surface area contributed by atoms with Crippen molar-refractivity contribution in [2.45, 2.75) is 51.7 Å². The summed E-state index contributed by atoms with van der Waals surface area (Å²) in [6, 6.07) is 9.69. The molecule has 1 aliphatic heterocycles. The van der Waals surface area contributed by atoms with Crippen LogP contribution in [0.5, 0.6) is 5.75 Å². The number of ether oxygens (including phenoxy) is 2. The minimum atomic E-state index is -0.745. The molecule has 0 N–H and O–H groups in total. The van der Waals surface area contributed by atoms with Gasteiger partial charge < -0.3 is 14.4 Å². The average molecular weight is 639 g/mol. The van der Waals surface area contributed by atoms with Gasteiger partial charge in [0.1, 0.15) is 29.7 Å². The average Bonchev–Trinajstić information content (AvgIpc) is 3.78. The smallest absolute Gasteiger partial charge is 0.246 e. The van der Waals surface area contributed by atoms with Crippen molar-refractivity contribution in [3.8, 4) is 39.5 Å². The molecule has 7 rings (SSSR count). The Morgan fingerprint density at radius 1 is 1.04 bits per heavy atom. The molecule has 0 fully saturated rings. The van der Waals surface area contributed by atoms with Gasteiger partial charge in [-0.25, -0.2) is 13.8 Å². The van der Waals surface area contributed by atoms with Crippen LogP contribution in [0.3, 0.4) is 0 Å². The number of carbonyl (C=O) groups excluding carboxylic acids is 1. The van der Waals surface area contributed by atoms with Gasteiger partial charge in [-0.15, -0.1) is 0 Å². The first kappa shape index (κ1) is 30.7. The van der Waals surface area contributed by atoms with E-state index in [4.69, 9.17) is 19.6 Å². The van der Waals surface area contributed by atoms with Crippen LogP contribution in [-0.4, -0.2) is 61.7 Å². The third-order valence-electron chi connectivity index (χ3n) is 9.22. The number of amides is 1. The summed E-state index contributed by atoms with van der Waals surface area (Å²) in [5, 5.41) is 10.6. The normalized spacial score (nSPS) is 17.2. The highest BCUT2D eigenvalue weighted by atomic mass is 19.1. The van der Waals surface area contributed by atoms with Gasteiger partial charge in [-0.05, 0) is 62.4 Å². The molecule has 0 unspecified atom stereocenters. The highest BCUT2D eigenvalue weighted by Gasteiger charge is 2.35. The first-order valence-corrected chi connectivity index (χ1v) is 15.8. The lowest BCUT2D eigenvalue weighted by Gasteiger charge is -2.38. The molecule has 4 heterocycles. The molecule has 242 valence electrons. The highest BCUT2D eigenvalue weighted by molar-refractivity contribution is 5.91. The van der Waals surface area contributed by atoms with Gasteiger partial charge in [0.2, 0.25) is 5.91 Å². The summed E-state index contributed by atoms with van der Waals surface area (Å²) in [6.07, 6.45) is 5.57. The SMILES string of the molecule is C=CC(=O)N1[C@H](C)Cn2nc(-c3nc(-c4ccc5cn(C)nc5c4)c4c(c3-c3c(F)cc(F)cc3OCCOC)CCC4)cc2[C@@H]1C. The van der Waals surface area contributed by atoms with E-state index in [1.54, 1.807) is 16.7 Å². The van der Waals surface area contributed by atoms with Gasteiger partial charge in [-0.3, -0.25) is 14.2 Å². The van der Waals surface area contributed by atoms with Crippen LogP contribution in [0.15, 0.2) is 55.3 Å². The van der Waals surface area contributed by atoms with Crippen molar-refractivity contribution < 1.29 is 23.0 Å². The van der Waals surface area contributed by atoms with Crippen LogP contribution in [0.2, 0.25) is 0 Å². The molecule has 1 amide bonds. The summed E-state index contributed by atoms with van der Waals surface area (Å²) < 4.78 is 45.6. The molecule has 0 saturated carbocycles. The van der Waals surface area contributed by atoms with Crippen LogP contribution in [0.25, 0.3) is 44.7 Å². The van der Waals surface area contributed by atoms with Crippen LogP contribution >= 0.6 is 0 Å². The Bertz CT molecular complexity index is 2050. The van der Waals surface area contributed by atoms with Crippen molar-refractivity contribution in [2.24, 2.45) is 7.05 Å². The van der Waals surface area contributed by atoms with E-state index in [1.807, 2.05) is 56.0 Å². The van der Waals surface area contributed by atoms with Gasteiger partial charge in [-0.2, -0.15) is 10.2 Å². The summed E-state index contributed by atoms with van der Waals surface area (Å²) in [4.78, 5) is 19.9. The van der Waals surface area contributed by atoms with Gasteiger partial charge in [0, 0.05) is 55.0 Å². The van der Waals surface area contributed by atoms with Crippen molar-refractivity contribution in [1.29, 1.82) is 0 Å². The second kappa shape index (κ2) is 12.0. The number of fused-ring (bicyclic) bond motifs is 3. The number of methoxy groups -OCH3 is 1. The number of rotatable bonds is 8. The second-order valence-corrected chi connectivity index (χ2v) is 12.3. The Morgan fingerprint density at radius 3 is 2.64 bits per heavy atom. The van der Waals surface area contributed by atoms with Crippen molar-refractivity contribution in [2.75, 3.05) is 20.3 Å². The Balaban J connectivity index is 1.49. The maximum atomic E-state index is 16.1. The predicted molar refractivity (Wildman–Crippen MR) is 175 cm³/mol. The van der Waals surface area contributed by atoms with E-state index in [9.17, 15) is 9.18 Å². The van der Waals surface area contributed by atoms with Gasteiger partial charge in [0.15, 0.2) is 0 Å². The van der Waals surface area contributed by atoms with E-state index in [0.29, 0.717) is 29.9 Å². The van der Waals surface area contributed by atoms with Crippen molar-refractivity contribution in [3.63, 3.8) is 0 Å². The topological polar surface area (TPSA) is 87.3 Å². The third kappa shape index (κ3) is 5.28. The number of benzene rings is 2. The molecule has 2 aromatic carbocycles. The number of aromatic nitrogens is 5. The standard InChI is InChI=1S/C36H36F2N6O3/c1-6-32(45)44-20(2)18-43-30(21(44)3)17-29(41-43)36-33(34-27(38)15-24(37)16-31(34)47-13-12-46-5)25-8-7-9-26(25)35(39-36)22-10-11-23-19-42(4)40-28(23)14-22/h6,10-11,14-17,19-21H,1,7-9,12-13,18H2,2-5H3/t20-,21+/m1/s1. The molecule has 9 nitrogen and oxygen atoms in total. The van der Waals surface area contributed by atoms with Gasteiger partial charge in [-0.1, -0.05) is 18.7 Å². The summed E-state index contributed by atoms with van der Waals surface area (Å²) in [5.74, 6) is -1.56. The maximum absolute atomic E-state index is 16.1. The second-order valence-electron chi connectivity index (χ2n) is 12.3. The largest absolute Gasteiger partial charge is 0.490 e. The lowest BCUT2D eigenvalue weighted by molar-refractivity contribution is -0.131. The molecule has 11 heteroatoms. The molecule has 0 saturated heterocycles. The number of aryl methyl sites for hydroxylation is 1. The number of carbonyl (C=O) groups is 1. The number of nitrogens with zero attached hydrogens (tertiary/aromatic N) is 6. The molecule has 1 aliphatic carbocycles. The summed E-state index contributed by atoms with van der Waals surface area (Å²) in [6.45, 7) is 8.46. The van der Waals surface area contributed by atoms with Crippen LogP contribution < -0.4 is 4.74 Å². The third-order valence-corrected chi connectivity index (χ3v) is 9.22. The molecule has 0 radical (unpaired) electrons. The van der Waals surface area contributed by atoms with Crippen molar-refractivity contribution in [1.82, 2.24) is 29.4 Å². The fourth-order valence-corrected chi connectivity index (χ4v) is 7.19. The van der Waals surface area contributed by atoms with E-state index >= 15 is 4.39 Å². The van der Waals surface area contributed by atoms with E-state index < -0.39 is 11.6 Å². The molecule has 2 atom stereocenters. The molecule has 0 bridgehead atoms. The maximum Gasteiger partial charge on any atom is 0.246 e. The molecule has 2 aliphatic rings. The number of halogens is 2. The van der Waals surface area contributed by atoms with Crippen molar-refractivity contribution in [3.05, 3.63) is 83.7 Å². The summed E-state index contributed by atoms with van der Waals surface area (Å²) >= 11 is 0. The Morgan fingerprint density at radius 2 is 1.85 bits per heavy atom. The van der Waals surface area contributed by atoms with Crippen LogP contribution in [0.4, 0.5) is 8.78 Å². The lowest BCUT2D eigenvalue weighted by Crippen LogP contribution is -2.46. The Hall–Kier alpha value is -4.90. The zero-order chi connectivity index (χ0) is 33.0. The van der Waals surface area contributed by atoms with E-state index in [2.05, 4.69) is 11.7 Å². The van der Waals surface area contributed by atoms with Crippen LogP contribution in [0.1, 0.15) is 43.1 Å². The fourth-order valence-electron chi connectivity index (χ4n) is 7.19. The van der Waals surface area contributed by atoms with Gasteiger partial charge in [0.25, 0.3) is 0 Å². The first-order chi connectivity index (χ1) is 22.7. The molecule has 47 heavy (non-hydrogen) atoms. The Kier molecular flexibility index (Phi) is 7.87. The van der Waals surface area contributed by atoms with E-state index in [1.165, 1.54) is 12.1 Å². The first-order valence-electron chi connectivity index (χ1n) is 15.8. The van der Waals surface area contributed by atoms with Gasteiger partial charge in [0.05, 0.1) is 47.4 Å². The molecule has 0 spiro atoms. The van der Waals surface area contributed by atoms with E-state index in [0.717, 1.165) is 57.9 Å². The zero-order valence-corrected chi connectivity index (χ0v) is 26.9. The van der Waals surface area contributed by atoms with Crippen LogP contribution in [-0.2, 0) is 36.0 Å². The summed E-state index contributed by atoms with van der Waals surface area (Å²) in [5.41, 5.74) is 6.98. The lowest BCUT2D eigenvalue weighted by atomic mass is 9.90. The molecule has 3 aromatic heterocycles. The number of pyridine rings is 1. The van der Waals surface area contributed by atoms with Crippen molar-refractivity contribution >= 4 is 16.8 Å². The van der Waals surface area contributed by atoms with E-state index in [-0.39, 0.29) is 42.5 Å². The predicted octanol–water partition coefficient (Wildman–Crippen LogP) is 6.44. The summed E-state index contributed by atoms with van der Waals surface area (Å²) in [7, 11) is 3.43. The minimum absolute atomic E-state index is 0.0769. The minimum Gasteiger partial charge on any atom is -0.490 e. The monoisotopic (exact) mass is 638 g/mol. The molecular formula is C36H36F2N6O3.